The Morgan fingerprint density at radius 1 is 1.35 bits per heavy atom. The first-order valence-corrected chi connectivity index (χ1v) is 5.60. The van der Waals surface area contributed by atoms with Crippen LogP contribution in [-0.4, -0.2) is 21.0 Å². The van der Waals surface area contributed by atoms with Crippen molar-refractivity contribution in [2.24, 2.45) is 0 Å². The van der Waals surface area contributed by atoms with Gasteiger partial charge in [-0.25, -0.2) is 4.79 Å². The second-order valence-corrected chi connectivity index (χ2v) is 3.93. The molecule has 1 aromatic carbocycles. The molecule has 0 fully saturated rings. The van der Waals surface area contributed by atoms with Gasteiger partial charge in [-0.3, -0.25) is 15.1 Å². The molecule has 0 aliphatic rings. The Kier molecular flexibility index (Phi) is 3.60. The standard InChI is InChI=1S/C13H10N2O5/c1-8-11(3-2-6-14-8)20-12-5-4-9(13(16)17)7-10(12)15(18)19/h2-7H,1H3,(H,16,17). The summed E-state index contributed by atoms with van der Waals surface area (Å²) in [5.41, 5.74) is -0.00998. The number of nitro benzene ring substituents is 1. The van der Waals surface area contributed by atoms with Crippen molar-refractivity contribution in [2.45, 2.75) is 6.92 Å². The Bertz CT molecular complexity index is 684. The summed E-state index contributed by atoms with van der Waals surface area (Å²) in [7, 11) is 0. The van der Waals surface area contributed by atoms with E-state index in [9.17, 15) is 14.9 Å². The lowest BCUT2D eigenvalue weighted by atomic mass is 10.2. The van der Waals surface area contributed by atoms with E-state index in [0.717, 1.165) is 6.07 Å². The molecule has 1 heterocycles. The predicted octanol–water partition coefficient (Wildman–Crippen LogP) is 2.79. The largest absolute Gasteiger partial charge is 0.478 e. The van der Waals surface area contributed by atoms with Crippen LogP contribution in [0.1, 0.15) is 16.1 Å². The van der Waals surface area contributed by atoms with E-state index in [1.54, 1.807) is 25.3 Å². The summed E-state index contributed by atoms with van der Waals surface area (Å²) in [5, 5.41) is 19.8. The molecular formula is C13H10N2O5. The number of hydrogen-bond acceptors (Lipinski definition) is 5. The Hall–Kier alpha value is -2.96. The smallest absolute Gasteiger partial charge is 0.335 e. The zero-order valence-electron chi connectivity index (χ0n) is 10.4. The van der Waals surface area contributed by atoms with E-state index < -0.39 is 16.6 Å². The molecular weight excluding hydrogens is 264 g/mol. The molecule has 0 bridgehead atoms. The number of aromatic carboxylic acids is 1. The minimum absolute atomic E-state index is 0.0314. The van der Waals surface area contributed by atoms with Gasteiger partial charge in [-0.15, -0.1) is 0 Å². The van der Waals surface area contributed by atoms with Crippen LogP contribution in [0.2, 0.25) is 0 Å². The van der Waals surface area contributed by atoms with Gasteiger partial charge in [-0.2, -0.15) is 0 Å². The fourth-order valence-corrected chi connectivity index (χ4v) is 1.58. The lowest BCUT2D eigenvalue weighted by Gasteiger charge is -2.08. The summed E-state index contributed by atoms with van der Waals surface area (Å²) in [6, 6.07) is 6.73. The molecule has 1 aromatic heterocycles. The van der Waals surface area contributed by atoms with Crippen LogP contribution in [0.3, 0.4) is 0 Å². The maximum Gasteiger partial charge on any atom is 0.335 e. The maximum absolute atomic E-state index is 11.0. The van der Waals surface area contributed by atoms with Crippen LogP contribution in [0.4, 0.5) is 5.69 Å². The fourth-order valence-electron chi connectivity index (χ4n) is 1.58. The monoisotopic (exact) mass is 274 g/mol. The van der Waals surface area contributed by atoms with Gasteiger partial charge >= 0.3 is 11.7 Å². The van der Waals surface area contributed by atoms with E-state index in [4.69, 9.17) is 9.84 Å². The van der Waals surface area contributed by atoms with Crippen molar-refractivity contribution in [3.63, 3.8) is 0 Å². The number of ether oxygens (including phenoxy) is 1. The Balaban J connectivity index is 2.44. The Morgan fingerprint density at radius 2 is 2.10 bits per heavy atom. The number of aromatic nitrogens is 1. The van der Waals surface area contributed by atoms with Crippen LogP contribution in [0.5, 0.6) is 11.5 Å². The third-order valence-corrected chi connectivity index (χ3v) is 2.58. The first-order chi connectivity index (χ1) is 9.49. The van der Waals surface area contributed by atoms with E-state index in [-0.39, 0.29) is 11.3 Å². The van der Waals surface area contributed by atoms with Crippen molar-refractivity contribution in [2.75, 3.05) is 0 Å². The lowest BCUT2D eigenvalue weighted by molar-refractivity contribution is -0.385. The molecule has 0 spiro atoms. The number of hydrogen-bond donors (Lipinski definition) is 1. The minimum Gasteiger partial charge on any atom is -0.478 e. The zero-order chi connectivity index (χ0) is 14.7. The average molecular weight is 274 g/mol. The summed E-state index contributed by atoms with van der Waals surface area (Å²) in [5.74, 6) is -0.896. The summed E-state index contributed by atoms with van der Waals surface area (Å²) < 4.78 is 5.44. The zero-order valence-corrected chi connectivity index (χ0v) is 10.4. The summed E-state index contributed by atoms with van der Waals surface area (Å²) >= 11 is 0. The van der Waals surface area contributed by atoms with Gasteiger partial charge in [0, 0.05) is 12.3 Å². The Labute approximate surface area is 113 Å². The maximum atomic E-state index is 11.0. The quantitative estimate of drug-likeness (QED) is 0.679. The molecule has 2 rings (SSSR count). The molecule has 0 amide bonds. The van der Waals surface area contributed by atoms with Crippen LogP contribution in [0, 0.1) is 17.0 Å². The van der Waals surface area contributed by atoms with Gasteiger partial charge in [0.1, 0.15) is 5.75 Å². The van der Waals surface area contributed by atoms with Crippen molar-refractivity contribution in [3.8, 4) is 11.5 Å². The highest BCUT2D eigenvalue weighted by Gasteiger charge is 2.19. The molecule has 2 aromatic rings. The lowest BCUT2D eigenvalue weighted by Crippen LogP contribution is -2.00. The van der Waals surface area contributed by atoms with Gasteiger partial charge in [0.15, 0.2) is 0 Å². The molecule has 0 saturated carbocycles. The topological polar surface area (TPSA) is 103 Å². The second-order valence-electron chi connectivity index (χ2n) is 3.93. The third kappa shape index (κ3) is 2.72. The molecule has 7 nitrogen and oxygen atoms in total. The highest BCUT2D eigenvalue weighted by Crippen LogP contribution is 2.32. The highest BCUT2D eigenvalue weighted by atomic mass is 16.6. The molecule has 0 atom stereocenters. The molecule has 0 unspecified atom stereocenters. The van der Waals surface area contributed by atoms with Crippen LogP contribution in [0.25, 0.3) is 0 Å². The SMILES string of the molecule is Cc1ncccc1Oc1ccc(C(=O)O)cc1[N+](=O)[O-]. The van der Waals surface area contributed by atoms with Crippen LogP contribution in [-0.2, 0) is 0 Å². The average Bonchev–Trinajstić information content (AvgIpc) is 2.41. The number of carboxylic acid groups (broad SMARTS) is 1. The van der Waals surface area contributed by atoms with Gasteiger partial charge in [-0.05, 0) is 31.2 Å². The van der Waals surface area contributed by atoms with Gasteiger partial charge < -0.3 is 9.84 Å². The molecule has 102 valence electrons. The van der Waals surface area contributed by atoms with E-state index >= 15 is 0 Å². The fraction of sp³-hybridized carbons (Fsp3) is 0.0769. The summed E-state index contributed by atoms with van der Waals surface area (Å²) in [4.78, 5) is 25.1. The van der Waals surface area contributed by atoms with E-state index in [0.29, 0.717) is 11.4 Å². The van der Waals surface area contributed by atoms with Crippen molar-refractivity contribution in [3.05, 3.63) is 57.9 Å². The van der Waals surface area contributed by atoms with Crippen molar-refractivity contribution < 1.29 is 19.6 Å². The third-order valence-electron chi connectivity index (χ3n) is 2.58. The minimum atomic E-state index is -1.24. The predicted molar refractivity (Wildman–Crippen MR) is 69.1 cm³/mol. The number of rotatable bonds is 4. The number of nitrogens with zero attached hydrogens (tertiary/aromatic N) is 2. The number of carbonyl (C=O) groups is 1. The first kappa shape index (κ1) is 13.5. The van der Waals surface area contributed by atoms with Gasteiger partial charge in [0.05, 0.1) is 16.2 Å². The number of benzene rings is 1. The summed E-state index contributed by atoms with van der Waals surface area (Å²) in [6.45, 7) is 1.70. The second kappa shape index (κ2) is 5.35. The van der Waals surface area contributed by atoms with E-state index in [2.05, 4.69) is 4.98 Å². The molecule has 0 radical (unpaired) electrons. The number of pyridine rings is 1. The van der Waals surface area contributed by atoms with E-state index in [1.807, 2.05) is 0 Å². The van der Waals surface area contributed by atoms with E-state index in [1.165, 1.54) is 12.1 Å². The Morgan fingerprint density at radius 3 is 2.70 bits per heavy atom. The molecule has 0 aliphatic heterocycles. The van der Waals surface area contributed by atoms with Crippen LogP contribution in [0.15, 0.2) is 36.5 Å². The number of carboxylic acids is 1. The van der Waals surface area contributed by atoms with Gasteiger partial charge in [0.2, 0.25) is 5.75 Å². The van der Waals surface area contributed by atoms with Crippen molar-refractivity contribution in [1.82, 2.24) is 4.98 Å². The molecule has 0 saturated heterocycles. The first-order valence-electron chi connectivity index (χ1n) is 5.60. The van der Waals surface area contributed by atoms with Crippen LogP contribution >= 0.6 is 0 Å². The van der Waals surface area contributed by atoms with Gasteiger partial charge in [-0.1, -0.05) is 0 Å². The molecule has 20 heavy (non-hydrogen) atoms. The normalized spacial score (nSPS) is 10.1. The van der Waals surface area contributed by atoms with Crippen molar-refractivity contribution in [1.29, 1.82) is 0 Å². The van der Waals surface area contributed by atoms with Crippen molar-refractivity contribution >= 4 is 11.7 Å². The summed E-state index contributed by atoms with van der Waals surface area (Å²) in [6.07, 6.45) is 1.57. The molecule has 0 aliphatic carbocycles. The number of aryl methyl sites for hydroxylation is 1. The van der Waals surface area contributed by atoms with Gasteiger partial charge in [0.25, 0.3) is 0 Å². The highest BCUT2D eigenvalue weighted by molar-refractivity contribution is 5.88. The number of nitro groups is 1. The van der Waals surface area contributed by atoms with Crippen LogP contribution < -0.4 is 4.74 Å². The molecule has 7 heteroatoms. The molecule has 1 N–H and O–H groups in total.